The molecule has 0 aliphatic heterocycles. The van der Waals surface area contributed by atoms with Crippen LogP contribution in [-0.2, 0) is 5.41 Å². The Morgan fingerprint density at radius 2 is 1.24 bits per heavy atom. The van der Waals surface area contributed by atoms with Gasteiger partial charge in [0.05, 0.1) is 0 Å². The molecule has 0 unspecified atom stereocenters. The van der Waals surface area contributed by atoms with Crippen molar-refractivity contribution in [2.45, 2.75) is 25.7 Å². The molecule has 17 heavy (non-hydrogen) atoms. The molecule has 1 radical (unpaired) electrons. The number of hydrogen-bond donors (Lipinski definition) is 0. The van der Waals surface area contributed by atoms with Gasteiger partial charge in [0.2, 0.25) is 0 Å². The molecular formula is C17H19. The van der Waals surface area contributed by atoms with E-state index in [1.807, 2.05) is 0 Å². The summed E-state index contributed by atoms with van der Waals surface area (Å²) in [6, 6.07) is 21.5. The van der Waals surface area contributed by atoms with Gasteiger partial charge in [0.1, 0.15) is 0 Å². The average Bonchev–Trinajstić information content (AvgIpc) is 2.43. The lowest BCUT2D eigenvalue weighted by Gasteiger charge is -2.33. The molecule has 0 atom stereocenters. The SMILES string of the molecule is C[CH]C(CC)(c1ccccc1)c1ccccc1. The van der Waals surface area contributed by atoms with Gasteiger partial charge in [0.25, 0.3) is 0 Å². The quantitative estimate of drug-likeness (QED) is 0.710. The van der Waals surface area contributed by atoms with E-state index in [0.29, 0.717) is 0 Å². The normalized spacial score (nSPS) is 11.4. The lowest BCUT2D eigenvalue weighted by Crippen LogP contribution is -2.26. The first-order chi connectivity index (χ1) is 8.33. The molecule has 0 aliphatic carbocycles. The summed E-state index contributed by atoms with van der Waals surface area (Å²) in [4.78, 5) is 0. The van der Waals surface area contributed by atoms with Crippen LogP contribution in [0.25, 0.3) is 0 Å². The van der Waals surface area contributed by atoms with E-state index in [4.69, 9.17) is 0 Å². The summed E-state index contributed by atoms with van der Waals surface area (Å²) in [5, 5.41) is 0. The summed E-state index contributed by atoms with van der Waals surface area (Å²) in [6.45, 7) is 4.41. The molecule has 87 valence electrons. The molecule has 0 spiro atoms. The molecule has 2 rings (SSSR count). The molecule has 0 saturated heterocycles. The molecule has 0 amide bonds. The highest BCUT2D eigenvalue weighted by molar-refractivity contribution is 5.42. The zero-order valence-corrected chi connectivity index (χ0v) is 10.6. The van der Waals surface area contributed by atoms with E-state index in [2.05, 4.69) is 80.9 Å². The van der Waals surface area contributed by atoms with Gasteiger partial charge in [-0.05, 0) is 24.0 Å². The fourth-order valence-corrected chi connectivity index (χ4v) is 2.58. The standard InChI is InChI=1S/C17H19/c1-3-17(4-2,15-11-7-5-8-12-15)16-13-9-6-10-14-16/h3,5-14H,4H2,1-2H3. The maximum Gasteiger partial charge on any atom is 0.0228 e. The molecule has 0 N–H and O–H groups in total. The van der Waals surface area contributed by atoms with Crippen LogP contribution < -0.4 is 0 Å². The van der Waals surface area contributed by atoms with Crippen LogP contribution in [0.1, 0.15) is 31.4 Å². The summed E-state index contributed by atoms with van der Waals surface area (Å²) >= 11 is 0. The highest BCUT2D eigenvalue weighted by Gasteiger charge is 2.30. The summed E-state index contributed by atoms with van der Waals surface area (Å²) in [5.74, 6) is 0. The lowest BCUT2D eigenvalue weighted by molar-refractivity contribution is 0.573. The third-order valence-corrected chi connectivity index (χ3v) is 3.63. The number of benzene rings is 2. The van der Waals surface area contributed by atoms with Gasteiger partial charge in [-0.3, -0.25) is 0 Å². The van der Waals surface area contributed by atoms with E-state index >= 15 is 0 Å². The first kappa shape index (κ1) is 11.9. The van der Waals surface area contributed by atoms with Gasteiger partial charge >= 0.3 is 0 Å². The van der Waals surface area contributed by atoms with E-state index < -0.39 is 0 Å². The Kier molecular flexibility index (Phi) is 3.63. The minimum Gasteiger partial charge on any atom is -0.0642 e. The van der Waals surface area contributed by atoms with Crippen molar-refractivity contribution < 1.29 is 0 Å². The van der Waals surface area contributed by atoms with Gasteiger partial charge in [0.15, 0.2) is 0 Å². The van der Waals surface area contributed by atoms with Crippen LogP contribution >= 0.6 is 0 Å². The smallest absolute Gasteiger partial charge is 0.0228 e. The monoisotopic (exact) mass is 223 g/mol. The van der Waals surface area contributed by atoms with E-state index in [0.717, 1.165) is 6.42 Å². The summed E-state index contributed by atoms with van der Waals surface area (Å²) < 4.78 is 0. The van der Waals surface area contributed by atoms with Crippen molar-refractivity contribution in [3.63, 3.8) is 0 Å². The molecule has 0 bridgehead atoms. The van der Waals surface area contributed by atoms with Crippen molar-refractivity contribution in [2.24, 2.45) is 0 Å². The highest BCUT2D eigenvalue weighted by atomic mass is 14.3. The van der Waals surface area contributed by atoms with E-state index in [1.165, 1.54) is 11.1 Å². The molecule has 2 aromatic carbocycles. The fourth-order valence-electron chi connectivity index (χ4n) is 2.58. The Balaban J connectivity index is 2.54. The van der Waals surface area contributed by atoms with Gasteiger partial charge in [-0.15, -0.1) is 0 Å². The molecule has 0 heterocycles. The topological polar surface area (TPSA) is 0 Å². The van der Waals surface area contributed by atoms with Crippen molar-refractivity contribution in [3.8, 4) is 0 Å². The first-order valence-corrected chi connectivity index (χ1v) is 6.25. The number of rotatable bonds is 4. The second-order valence-electron chi connectivity index (χ2n) is 4.35. The summed E-state index contributed by atoms with van der Waals surface area (Å²) in [6.07, 6.45) is 3.40. The van der Waals surface area contributed by atoms with Crippen LogP contribution in [0.3, 0.4) is 0 Å². The van der Waals surface area contributed by atoms with Crippen LogP contribution in [0.4, 0.5) is 0 Å². The molecule has 0 aromatic heterocycles. The molecule has 0 heteroatoms. The third-order valence-electron chi connectivity index (χ3n) is 3.63. The highest BCUT2D eigenvalue weighted by Crippen LogP contribution is 2.37. The largest absolute Gasteiger partial charge is 0.0642 e. The van der Waals surface area contributed by atoms with Crippen molar-refractivity contribution in [1.29, 1.82) is 0 Å². The van der Waals surface area contributed by atoms with E-state index in [9.17, 15) is 0 Å². The average molecular weight is 223 g/mol. The van der Waals surface area contributed by atoms with Gasteiger partial charge in [-0.2, -0.15) is 0 Å². The molecule has 0 fully saturated rings. The minimum absolute atomic E-state index is 0.0442. The first-order valence-electron chi connectivity index (χ1n) is 6.25. The van der Waals surface area contributed by atoms with Crippen LogP contribution in [-0.4, -0.2) is 0 Å². The molecule has 0 saturated carbocycles. The zero-order chi connectivity index (χ0) is 12.1. The predicted molar refractivity (Wildman–Crippen MR) is 73.9 cm³/mol. The zero-order valence-electron chi connectivity index (χ0n) is 10.6. The van der Waals surface area contributed by atoms with E-state index in [-0.39, 0.29) is 5.41 Å². The van der Waals surface area contributed by atoms with Crippen molar-refractivity contribution in [2.75, 3.05) is 0 Å². The van der Waals surface area contributed by atoms with Gasteiger partial charge in [-0.25, -0.2) is 0 Å². The summed E-state index contributed by atoms with van der Waals surface area (Å²) in [5.41, 5.74) is 2.79. The van der Waals surface area contributed by atoms with Crippen molar-refractivity contribution >= 4 is 0 Å². The van der Waals surface area contributed by atoms with Crippen LogP contribution in [0.2, 0.25) is 0 Å². The predicted octanol–water partition coefficient (Wildman–Crippen LogP) is 4.61. The molecule has 2 aromatic rings. The van der Waals surface area contributed by atoms with Crippen LogP contribution in [0.5, 0.6) is 0 Å². The molecule has 0 nitrogen and oxygen atoms in total. The van der Waals surface area contributed by atoms with Crippen LogP contribution in [0, 0.1) is 6.42 Å². The second-order valence-corrected chi connectivity index (χ2v) is 4.35. The van der Waals surface area contributed by atoms with Gasteiger partial charge in [0, 0.05) is 5.41 Å². The van der Waals surface area contributed by atoms with Crippen molar-refractivity contribution in [1.82, 2.24) is 0 Å². The fraction of sp³-hybridized carbons (Fsp3) is 0.235. The third kappa shape index (κ3) is 2.12. The number of hydrogen-bond acceptors (Lipinski definition) is 0. The molecule has 0 aliphatic rings. The molecular weight excluding hydrogens is 204 g/mol. The summed E-state index contributed by atoms with van der Waals surface area (Å²) in [7, 11) is 0. The van der Waals surface area contributed by atoms with Crippen LogP contribution in [0.15, 0.2) is 60.7 Å². The van der Waals surface area contributed by atoms with Gasteiger partial charge < -0.3 is 0 Å². The van der Waals surface area contributed by atoms with Crippen molar-refractivity contribution in [3.05, 3.63) is 78.2 Å². The maximum atomic E-state index is 2.32. The Hall–Kier alpha value is -1.56. The maximum absolute atomic E-state index is 2.32. The Labute approximate surface area is 104 Å². The lowest BCUT2D eigenvalue weighted by atomic mass is 9.71. The Bertz CT molecular complexity index is 396. The minimum atomic E-state index is 0.0442. The van der Waals surface area contributed by atoms with Gasteiger partial charge in [-0.1, -0.05) is 74.5 Å². The Morgan fingerprint density at radius 1 is 0.824 bits per heavy atom. The van der Waals surface area contributed by atoms with E-state index in [1.54, 1.807) is 0 Å². The second kappa shape index (κ2) is 5.18. The Morgan fingerprint density at radius 3 is 1.53 bits per heavy atom.